The number of hydrogen-bond donors (Lipinski definition) is 2. The third kappa shape index (κ3) is 2.92. The van der Waals surface area contributed by atoms with Crippen molar-refractivity contribution in [3.8, 4) is 0 Å². The lowest BCUT2D eigenvalue weighted by Gasteiger charge is -2.14. The lowest BCUT2D eigenvalue weighted by atomic mass is 10.3. The Kier molecular flexibility index (Phi) is 3.66. The van der Waals surface area contributed by atoms with Crippen molar-refractivity contribution in [2.45, 2.75) is 32.9 Å². The normalized spacial score (nSPS) is 12.5. The van der Waals surface area contributed by atoms with Crippen LogP contribution in [0.25, 0.3) is 0 Å². The maximum Gasteiger partial charge on any atom is 0.334 e. The number of esters is 1. The zero-order valence-electron chi connectivity index (χ0n) is 9.64. The van der Waals surface area contributed by atoms with E-state index in [0.717, 1.165) is 0 Å². The first-order valence-electron chi connectivity index (χ1n) is 4.98. The molecule has 1 aromatic heterocycles. The van der Waals surface area contributed by atoms with Crippen LogP contribution in [-0.4, -0.2) is 26.6 Å². The number of rotatable bonds is 3. The van der Waals surface area contributed by atoms with Crippen molar-refractivity contribution in [3.63, 3.8) is 0 Å². The number of nitrogens with zero attached hydrogens (tertiary/aromatic N) is 1. The highest BCUT2D eigenvalue weighted by atomic mass is 16.5. The van der Waals surface area contributed by atoms with Crippen LogP contribution in [0.3, 0.4) is 0 Å². The van der Waals surface area contributed by atoms with E-state index in [-0.39, 0.29) is 6.10 Å². The number of ether oxygens (including phenoxy) is 1. The second-order valence-corrected chi connectivity index (χ2v) is 3.72. The maximum absolute atomic E-state index is 11.5. The third-order valence-corrected chi connectivity index (χ3v) is 1.96. The molecule has 0 saturated heterocycles. The first-order valence-corrected chi connectivity index (χ1v) is 4.98. The minimum atomic E-state index is -1.11. The van der Waals surface area contributed by atoms with Crippen LogP contribution >= 0.6 is 0 Å². The highest BCUT2D eigenvalue weighted by molar-refractivity contribution is 5.73. The Labute approximate surface area is 95.2 Å². The molecule has 0 saturated carbocycles. The van der Waals surface area contributed by atoms with E-state index in [0.29, 0.717) is 4.57 Å². The molecule has 0 bridgehead atoms. The SMILES string of the molecule is CC(C)OC(=O)C(C)n1c(=O)[nH]c(=O)[nH]c1=O. The molecule has 2 N–H and O–H groups in total. The minimum absolute atomic E-state index is 0.359. The van der Waals surface area contributed by atoms with E-state index in [9.17, 15) is 19.2 Å². The summed E-state index contributed by atoms with van der Waals surface area (Å²) >= 11 is 0. The Hall–Kier alpha value is -2.12. The molecule has 94 valence electrons. The van der Waals surface area contributed by atoms with Crippen molar-refractivity contribution >= 4 is 5.97 Å². The van der Waals surface area contributed by atoms with Gasteiger partial charge < -0.3 is 4.74 Å². The van der Waals surface area contributed by atoms with Crippen LogP contribution in [0.15, 0.2) is 14.4 Å². The number of aromatic nitrogens is 3. The summed E-state index contributed by atoms with van der Waals surface area (Å²) in [6.45, 7) is 4.62. The molecule has 1 rings (SSSR count). The fraction of sp³-hybridized carbons (Fsp3) is 0.556. The molecule has 0 amide bonds. The smallest absolute Gasteiger partial charge is 0.334 e. The summed E-state index contributed by atoms with van der Waals surface area (Å²) in [7, 11) is 0. The monoisotopic (exact) mass is 243 g/mol. The predicted octanol–water partition coefficient (Wildman–Crippen LogP) is -1.26. The molecule has 0 radical (unpaired) electrons. The number of hydrogen-bond acceptors (Lipinski definition) is 5. The summed E-state index contributed by atoms with van der Waals surface area (Å²) < 4.78 is 5.45. The number of aromatic amines is 2. The van der Waals surface area contributed by atoms with Crippen LogP contribution in [0.2, 0.25) is 0 Å². The lowest BCUT2D eigenvalue weighted by Crippen LogP contribution is -2.46. The first kappa shape index (κ1) is 12.9. The average molecular weight is 243 g/mol. The summed E-state index contributed by atoms with van der Waals surface area (Å²) in [5.41, 5.74) is -2.82. The van der Waals surface area contributed by atoms with Gasteiger partial charge in [-0.3, -0.25) is 9.97 Å². The van der Waals surface area contributed by atoms with E-state index in [1.54, 1.807) is 13.8 Å². The zero-order chi connectivity index (χ0) is 13.2. The van der Waals surface area contributed by atoms with E-state index < -0.39 is 29.1 Å². The van der Waals surface area contributed by atoms with Crippen molar-refractivity contribution in [2.75, 3.05) is 0 Å². The Balaban J connectivity index is 3.18. The second kappa shape index (κ2) is 4.81. The quantitative estimate of drug-likeness (QED) is 0.643. The highest BCUT2D eigenvalue weighted by Gasteiger charge is 2.21. The summed E-state index contributed by atoms with van der Waals surface area (Å²) in [5, 5.41) is 0. The summed E-state index contributed by atoms with van der Waals surface area (Å²) in [5.74, 6) is -0.723. The molecule has 8 heteroatoms. The number of nitrogens with one attached hydrogen (secondary N) is 2. The maximum atomic E-state index is 11.5. The molecule has 0 spiro atoms. The molecule has 0 fully saturated rings. The number of carbonyl (C=O) groups is 1. The molecule has 1 unspecified atom stereocenters. The van der Waals surface area contributed by atoms with Gasteiger partial charge in [0.25, 0.3) is 0 Å². The van der Waals surface area contributed by atoms with Crippen LogP contribution < -0.4 is 17.1 Å². The largest absolute Gasteiger partial charge is 0.461 e. The summed E-state index contributed by atoms with van der Waals surface area (Å²) in [6.07, 6.45) is -0.359. The molecule has 0 aromatic carbocycles. The Bertz CT molecular complexity index is 545. The van der Waals surface area contributed by atoms with Gasteiger partial charge in [0.05, 0.1) is 6.10 Å². The van der Waals surface area contributed by atoms with Crippen molar-refractivity contribution < 1.29 is 9.53 Å². The van der Waals surface area contributed by atoms with E-state index >= 15 is 0 Å². The molecule has 0 aliphatic carbocycles. The van der Waals surface area contributed by atoms with Crippen LogP contribution in [-0.2, 0) is 9.53 Å². The molecular formula is C9H13N3O5. The molecule has 17 heavy (non-hydrogen) atoms. The van der Waals surface area contributed by atoms with Crippen LogP contribution in [0.5, 0.6) is 0 Å². The Morgan fingerprint density at radius 1 is 1.12 bits per heavy atom. The van der Waals surface area contributed by atoms with Gasteiger partial charge >= 0.3 is 23.0 Å². The average Bonchev–Trinajstić information content (AvgIpc) is 2.14. The van der Waals surface area contributed by atoms with Gasteiger partial charge in [0, 0.05) is 0 Å². The molecule has 1 aromatic rings. The van der Waals surface area contributed by atoms with Gasteiger partial charge in [-0.15, -0.1) is 0 Å². The van der Waals surface area contributed by atoms with Crippen molar-refractivity contribution in [1.82, 2.24) is 14.5 Å². The van der Waals surface area contributed by atoms with Gasteiger partial charge in [-0.1, -0.05) is 0 Å². The lowest BCUT2D eigenvalue weighted by molar-refractivity contribution is -0.151. The Morgan fingerprint density at radius 2 is 1.59 bits per heavy atom. The van der Waals surface area contributed by atoms with Gasteiger partial charge in [-0.05, 0) is 20.8 Å². The van der Waals surface area contributed by atoms with E-state index in [1.165, 1.54) is 6.92 Å². The molecule has 0 aliphatic heterocycles. The number of H-pyrrole nitrogens is 2. The van der Waals surface area contributed by atoms with Crippen LogP contribution in [0.4, 0.5) is 0 Å². The summed E-state index contributed by atoms with van der Waals surface area (Å²) in [6, 6.07) is -1.11. The van der Waals surface area contributed by atoms with E-state index in [1.807, 2.05) is 9.97 Å². The molecule has 8 nitrogen and oxygen atoms in total. The summed E-state index contributed by atoms with van der Waals surface area (Å²) in [4.78, 5) is 48.8. The molecule has 0 aliphatic rings. The van der Waals surface area contributed by atoms with Gasteiger partial charge in [0.1, 0.15) is 6.04 Å². The van der Waals surface area contributed by atoms with E-state index in [4.69, 9.17) is 4.74 Å². The number of carbonyl (C=O) groups excluding carboxylic acids is 1. The van der Waals surface area contributed by atoms with Crippen molar-refractivity contribution in [2.24, 2.45) is 0 Å². The molecular weight excluding hydrogens is 230 g/mol. The third-order valence-electron chi connectivity index (χ3n) is 1.96. The topological polar surface area (TPSA) is 114 Å². The molecule has 1 heterocycles. The zero-order valence-corrected chi connectivity index (χ0v) is 9.64. The minimum Gasteiger partial charge on any atom is -0.461 e. The standard InChI is InChI=1S/C9H13N3O5/c1-4(2)17-6(13)5(3)12-8(15)10-7(14)11-9(12)16/h4-5H,1-3H3,(H2,10,11,14,15,16). The van der Waals surface area contributed by atoms with Crippen molar-refractivity contribution in [3.05, 3.63) is 31.5 Å². The van der Waals surface area contributed by atoms with Gasteiger partial charge in [-0.25, -0.2) is 23.7 Å². The fourth-order valence-corrected chi connectivity index (χ4v) is 1.23. The fourth-order valence-electron chi connectivity index (χ4n) is 1.23. The highest BCUT2D eigenvalue weighted by Crippen LogP contribution is 2.03. The predicted molar refractivity (Wildman–Crippen MR) is 57.9 cm³/mol. The van der Waals surface area contributed by atoms with Gasteiger partial charge in [0.15, 0.2) is 0 Å². The van der Waals surface area contributed by atoms with Crippen LogP contribution in [0.1, 0.15) is 26.8 Å². The molecule has 1 atom stereocenters. The van der Waals surface area contributed by atoms with Crippen LogP contribution in [0, 0.1) is 0 Å². The van der Waals surface area contributed by atoms with E-state index in [2.05, 4.69) is 0 Å². The van der Waals surface area contributed by atoms with Gasteiger partial charge in [0.2, 0.25) is 0 Å². The van der Waals surface area contributed by atoms with Gasteiger partial charge in [-0.2, -0.15) is 0 Å². The van der Waals surface area contributed by atoms with Crippen molar-refractivity contribution in [1.29, 1.82) is 0 Å². The first-order chi connectivity index (χ1) is 7.82. The Morgan fingerprint density at radius 3 is 2.00 bits per heavy atom. The second-order valence-electron chi connectivity index (χ2n) is 3.72.